The smallest absolute Gasteiger partial charge is 0.410 e. The fourth-order valence-corrected chi connectivity index (χ4v) is 11.6. The molecule has 0 bridgehead atoms. The van der Waals surface area contributed by atoms with Crippen molar-refractivity contribution in [3.63, 3.8) is 0 Å². The Bertz CT molecular complexity index is 5090. The summed E-state index contributed by atoms with van der Waals surface area (Å²) in [5.41, 5.74) is 7.21. The van der Waals surface area contributed by atoms with Crippen LogP contribution < -0.4 is 37.2 Å². The number of rotatable bonds is 33. The lowest BCUT2D eigenvalue weighted by molar-refractivity contribution is -0.116. The molecule has 35 nitrogen and oxygen atoms in total. The fourth-order valence-electron chi connectivity index (χ4n) is 11.6. The van der Waals surface area contributed by atoms with Crippen LogP contribution in [-0.4, -0.2) is 183 Å². The number of nitrogens with zero attached hydrogens (tertiary/aromatic N) is 18. The molecule has 0 saturated carbocycles. The number of aryl methyl sites for hydroxylation is 5. The molecule has 120 heavy (non-hydrogen) atoms. The first-order chi connectivity index (χ1) is 57.4. The van der Waals surface area contributed by atoms with Crippen LogP contribution in [0.25, 0.3) is 5.57 Å². The zero-order valence-electron chi connectivity index (χ0n) is 68.2. The van der Waals surface area contributed by atoms with Crippen LogP contribution in [0.5, 0.6) is 0 Å². The lowest BCUT2D eigenvalue weighted by Gasteiger charge is -2.29. The van der Waals surface area contributed by atoms with Crippen molar-refractivity contribution < 1.29 is 61.0 Å². The van der Waals surface area contributed by atoms with Gasteiger partial charge < -0.3 is 51.6 Å². The molecule has 0 saturated heterocycles. The van der Waals surface area contributed by atoms with E-state index in [0.717, 1.165) is 96.6 Å². The number of nitrogens with one attached hydrogen (secondary N) is 7. The Balaban J connectivity index is 0.000000205. The number of benzene rings is 2. The van der Waals surface area contributed by atoms with Crippen LogP contribution in [0, 0.1) is 0 Å². The van der Waals surface area contributed by atoms with E-state index >= 15 is 0 Å². The molecule has 1 unspecified atom stereocenters. The number of pyridine rings is 2. The largest absolute Gasteiger partial charge is 0.444 e. The molecule has 8 amide bonds. The van der Waals surface area contributed by atoms with Crippen molar-refractivity contribution in [3.8, 4) is 0 Å². The van der Waals surface area contributed by atoms with Crippen molar-refractivity contribution in [2.45, 2.75) is 182 Å². The third-order valence-corrected chi connectivity index (χ3v) is 17.5. The van der Waals surface area contributed by atoms with Gasteiger partial charge in [0, 0.05) is 77.9 Å². The van der Waals surface area contributed by atoms with E-state index < -0.39 is 35.3 Å². The van der Waals surface area contributed by atoms with E-state index in [0.29, 0.717) is 67.9 Å². The molecule has 2 aromatic carbocycles. The van der Waals surface area contributed by atoms with Gasteiger partial charge in [-0.05, 0) is 187 Å². The van der Waals surface area contributed by atoms with E-state index in [1.54, 1.807) is 110 Å². The van der Waals surface area contributed by atoms with E-state index in [2.05, 4.69) is 109 Å². The monoisotopic (exact) mass is 1650 g/mol. The lowest BCUT2D eigenvalue weighted by atomic mass is 9.97. The van der Waals surface area contributed by atoms with E-state index in [1.165, 1.54) is 29.2 Å². The second-order valence-electron chi connectivity index (χ2n) is 29.9. The summed E-state index contributed by atoms with van der Waals surface area (Å²) in [4.78, 5) is 107. The molecule has 11 rings (SSSR count). The van der Waals surface area contributed by atoms with Gasteiger partial charge in [-0.2, -0.15) is 15.3 Å². The number of aromatic nitrogens is 17. The Morgan fingerprint density at radius 2 is 1.01 bits per heavy atom. The normalized spacial score (nSPS) is 12.2. The Labute approximate surface area is 690 Å². The van der Waals surface area contributed by atoms with Gasteiger partial charge in [-0.25, -0.2) is 27.4 Å². The molecular formula is C82H98F3N25O10. The number of anilines is 3. The SMILES string of the molecule is CC(F)(F)c1ccnc(CNC(=O)c2cn(CC(F)CCc3ccc(NC(=O)Cc4cccnc4)nn3)nn2)c1.CNC(=O)c1cn(CCCCc2ccc(NC(=O)Cc3cccc(C4=CCN(C(=O)OC(C)(C)C)CC4)c3)nn2)nn1.CNC(=O)c1cn(CCCCc2ccc(NC(=O)Cc3cccc(CNC(=O)OC(C)(C)C)c3)nn2)nn1. The van der Waals surface area contributed by atoms with Crippen molar-refractivity contribution >= 4 is 70.7 Å². The third kappa shape index (κ3) is 31.4. The summed E-state index contributed by atoms with van der Waals surface area (Å²) in [5, 5.41) is 66.4. The van der Waals surface area contributed by atoms with Crippen LogP contribution >= 0.6 is 0 Å². The third-order valence-electron chi connectivity index (χ3n) is 17.5. The van der Waals surface area contributed by atoms with Crippen molar-refractivity contribution in [1.82, 2.24) is 112 Å². The first kappa shape index (κ1) is 90.2. The number of halogens is 3. The molecule has 1 atom stereocenters. The number of carbonyl (C=O) groups excluding carboxylic acids is 8. The maximum Gasteiger partial charge on any atom is 0.410 e. The average Bonchev–Trinajstić information content (AvgIpc) is 1.41. The fraction of sp³-hybridized carbons (Fsp3) is 0.390. The summed E-state index contributed by atoms with van der Waals surface area (Å²) in [6.45, 7) is 14.2. The minimum atomic E-state index is -3.03. The summed E-state index contributed by atoms with van der Waals surface area (Å²) in [7, 11) is 3.10. The molecule has 632 valence electrons. The van der Waals surface area contributed by atoms with Crippen molar-refractivity contribution in [2.75, 3.05) is 43.1 Å². The van der Waals surface area contributed by atoms with Crippen LogP contribution in [0.4, 0.5) is 40.2 Å². The highest BCUT2D eigenvalue weighted by atomic mass is 19.3. The molecule has 0 radical (unpaired) electrons. The number of amides is 8. The quantitative estimate of drug-likeness (QED) is 0.0188. The summed E-state index contributed by atoms with van der Waals surface area (Å²) in [5.74, 6) is -3.72. The molecule has 0 aliphatic carbocycles. The zero-order valence-corrected chi connectivity index (χ0v) is 68.2. The van der Waals surface area contributed by atoms with Gasteiger partial charge in [0.05, 0.1) is 73.7 Å². The predicted molar refractivity (Wildman–Crippen MR) is 435 cm³/mol. The molecule has 7 N–H and O–H groups in total. The lowest BCUT2D eigenvalue weighted by Crippen LogP contribution is -2.39. The molecule has 0 spiro atoms. The maximum atomic E-state index is 14.6. The van der Waals surface area contributed by atoms with Crippen LogP contribution in [0.3, 0.4) is 0 Å². The van der Waals surface area contributed by atoms with E-state index in [4.69, 9.17) is 9.47 Å². The Hall–Kier alpha value is -13.7. The van der Waals surface area contributed by atoms with E-state index in [9.17, 15) is 51.5 Å². The van der Waals surface area contributed by atoms with Gasteiger partial charge >= 0.3 is 12.2 Å². The van der Waals surface area contributed by atoms with Crippen molar-refractivity contribution in [3.05, 3.63) is 226 Å². The molecular weight excluding hydrogens is 1550 g/mol. The number of hydrogen-bond acceptors (Lipinski definition) is 24. The minimum Gasteiger partial charge on any atom is -0.444 e. The number of hydrogen-bond donors (Lipinski definition) is 7. The van der Waals surface area contributed by atoms with E-state index in [-0.39, 0.29) is 97.2 Å². The van der Waals surface area contributed by atoms with Gasteiger partial charge in [0.15, 0.2) is 34.5 Å². The number of carbonyl (C=O) groups is 8. The summed E-state index contributed by atoms with van der Waals surface area (Å²) < 4.78 is 56.8. The maximum absolute atomic E-state index is 14.6. The molecule has 9 heterocycles. The second-order valence-corrected chi connectivity index (χ2v) is 29.9. The Morgan fingerprint density at radius 1 is 0.500 bits per heavy atom. The van der Waals surface area contributed by atoms with Gasteiger partial charge in [-0.1, -0.05) is 76.3 Å². The predicted octanol–water partition coefficient (Wildman–Crippen LogP) is 9.36. The summed E-state index contributed by atoms with van der Waals surface area (Å²) in [6.07, 6.45) is 15.5. The summed E-state index contributed by atoms with van der Waals surface area (Å²) >= 11 is 0. The molecule has 38 heteroatoms. The average molecular weight is 1650 g/mol. The van der Waals surface area contributed by atoms with Crippen LogP contribution in [0.15, 0.2) is 152 Å². The highest BCUT2D eigenvalue weighted by molar-refractivity contribution is 5.94. The second kappa shape index (κ2) is 44.0. The minimum absolute atomic E-state index is 0.0452. The van der Waals surface area contributed by atoms with Crippen molar-refractivity contribution in [2.24, 2.45) is 0 Å². The zero-order chi connectivity index (χ0) is 86.2. The first-order valence-corrected chi connectivity index (χ1v) is 38.8. The van der Waals surface area contributed by atoms with Gasteiger partial charge in [-0.15, -0.1) is 30.6 Å². The van der Waals surface area contributed by atoms with E-state index in [1.807, 2.05) is 87.5 Å². The van der Waals surface area contributed by atoms with Crippen LogP contribution in [-0.2, 0) is 101 Å². The first-order valence-electron chi connectivity index (χ1n) is 38.8. The van der Waals surface area contributed by atoms with Gasteiger partial charge in [0.1, 0.15) is 17.4 Å². The number of unbranched alkanes of at least 4 members (excludes halogenated alkanes) is 2. The summed E-state index contributed by atoms with van der Waals surface area (Å²) in [6, 6.07) is 31.7. The van der Waals surface area contributed by atoms with Gasteiger partial charge in [0.2, 0.25) is 17.7 Å². The topological polar surface area (TPSA) is 438 Å². The van der Waals surface area contributed by atoms with Crippen LogP contribution in [0.2, 0.25) is 0 Å². The number of ether oxygens (including phenoxy) is 2. The molecule has 8 aromatic heterocycles. The van der Waals surface area contributed by atoms with Crippen LogP contribution in [0.1, 0.15) is 175 Å². The Morgan fingerprint density at radius 3 is 1.52 bits per heavy atom. The number of alkyl carbamates (subject to hydrolysis) is 1. The standard InChI is InChI=1S/C30H38N8O4.C26H26F3N9O2.C26H34N8O4/c1-30(2,3)42-29(41)37-16-13-22(14-17-37)23-9-7-8-21(18-23)19-27(39)32-26-12-11-24(33-35-26)10-5-6-15-38-20-25(34-36-38)28(40)31-4;1-26(28,29)18-8-10-31-21(12-18)14-32-25(40)22-16-38(37-35-22)15-19(27)4-5-20-6-7-23(36-34-20)33-24(39)11-17-3-2-9-30-13-17;1-26(2,3)38-25(37)28-16-19-9-7-8-18(14-19)15-23(35)29-22-12-11-20(30-32-22)10-5-6-13-34-17-21(31-33-34)24(36)27-4/h7-9,11-13,18,20H,5-6,10,14-17,19H2,1-4H3,(H,31,40)(H,32,35,39);2-3,6-10,12-13,16,19H,4-5,11,14-15H2,1H3,(H,32,40)(H,33,36,39);7-9,11-12,14,17H,5-6,10,13,15-16H2,1-4H3,(H,27,36)(H,28,37)(H,29,32,35). The Kier molecular flexibility index (Phi) is 33.1. The highest BCUT2D eigenvalue weighted by Gasteiger charge is 2.27. The molecule has 10 aromatic rings. The molecule has 0 fully saturated rings. The van der Waals surface area contributed by atoms with Gasteiger partial charge in [-0.3, -0.25) is 48.1 Å². The number of alkyl halides is 3. The molecule has 1 aliphatic heterocycles. The molecule has 1 aliphatic rings. The van der Waals surface area contributed by atoms with Crippen molar-refractivity contribution in [1.29, 1.82) is 0 Å². The van der Waals surface area contributed by atoms with Gasteiger partial charge in [0.25, 0.3) is 23.6 Å². The highest BCUT2D eigenvalue weighted by Crippen LogP contribution is 2.28.